The van der Waals surface area contributed by atoms with Crippen molar-refractivity contribution in [1.29, 1.82) is 0 Å². The Bertz CT molecular complexity index is 1510. The zero-order valence-corrected chi connectivity index (χ0v) is 23.9. The van der Waals surface area contributed by atoms with Gasteiger partial charge in [-0.25, -0.2) is 4.98 Å². The summed E-state index contributed by atoms with van der Waals surface area (Å²) in [4.78, 5) is 36.5. The number of hydrogen-bond acceptors (Lipinski definition) is 5. The number of nitrogens with zero attached hydrogens (tertiary/aromatic N) is 3. The number of carbonyl (C=O) groups excluding carboxylic acids is 2. The van der Waals surface area contributed by atoms with Gasteiger partial charge in [-0.15, -0.1) is 0 Å². The highest BCUT2D eigenvalue weighted by Gasteiger charge is 2.20. The van der Waals surface area contributed by atoms with E-state index in [1.807, 2.05) is 77.3 Å². The predicted octanol–water partition coefficient (Wildman–Crippen LogP) is 6.08. The minimum absolute atomic E-state index is 0.107. The largest absolute Gasteiger partial charge is 0.378 e. The van der Waals surface area contributed by atoms with Crippen LogP contribution < -0.4 is 20.4 Å². The molecule has 3 aromatic carbocycles. The van der Waals surface area contributed by atoms with E-state index in [1.54, 1.807) is 0 Å². The second-order valence-electron chi connectivity index (χ2n) is 10.2. The molecule has 0 fully saturated rings. The molecular weight excluding hydrogens is 488 g/mol. The number of hydrogen-bond donors (Lipinski definition) is 3. The number of carbonyl (C=O) groups is 2. The highest BCUT2D eigenvalue weighted by molar-refractivity contribution is 5.97. The van der Waals surface area contributed by atoms with E-state index in [2.05, 4.69) is 44.8 Å². The van der Waals surface area contributed by atoms with Crippen molar-refractivity contribution in [2.45, 2.75) is 27.7 Å². The van der Waals surface area contributed by atoms with Crippen molar-refractivity contribution in [3.63, 3.8) is 0 Å². The van der Waals surface area contributed by atoms with Gasteiger partial charge in [0.05, 0.1) is 17.1 Å². The lowest BCUT2D eigenvalue weighted by Crippen LogP contribution is -2.11. The Morgan fingerprint density at radius 1 is 0.744 bits per heavy atom. The Labute approximate surface area is 230 Å². The lowest BCUT2D eigenvalue weighted by Gasteiger charge is -2.17. The van der Waals surface area contributed by atoms with Gasteiger partial charge in [0.2, 0.25) is 11.8 Å². The van der Waals surface area contributed by atoms with Crippen LogP contribution in [0.15, 0.2) is 54.6 Å². The third kappa shape index (κ3) is 5.95. The molecule has 202 valence electrons. The molecular formula is C31H36N6O2. The lowest BCUT2D eigenvalue weighted by molar-refractivity contribution is -0.115. The summed E-state index contributed by atoms with van der Waals surface area (Å²) in [6.45, 7) is 6.96. The van der Waals surface area contributed by atoms with Crippen LogP contribution in [0.25, 0.3) is 33.9 Å². The van der Waals surface area contributed by atoms with Crippen LogP contribution in [0.4, 0.5) is 22.7 Å². The number of anilines is 4. The number of amides is 2. The van der Waals surface area contributed by atoms with Crippen molar-refractivity contribution in [3.05, 3.63) is 65.7 Å². The zero-order valence-electron chi connectivity index (χ0n) is 23.9. The SMILES string of the molecule is CC(=O)Nc1cc(N(C)C)ccc1-c1[nH]c(-c2cc(C)c(NC(C)=O)c(C)c2)nc1-c1ccc(N(C)C)cc1. The van der Waals surface area contributed by atoms with E-state index in [-0.39, 0.29) is 11.8 Å². The minimum Gasteiger partial charge on any atom is -0.378 e. The van der Waals surface area contributed by atoms with Gasteiger partial charge < -0.3 is 25.4 Å². The fraction of sp³-hybridized carbons (Fsp3) is 0.258. The molecule has 0 saturated heterocycles. The number of aromatic amines is 1. The Kier molecular flexibility index (Phi) is 7.76. The number of aromatic nitrogens is 2. The van der Waals surface area contributed by atoms with E-state index < -0.39 is 0 Å². The molecule has 4 aromatic rings. The molecule has 0 radical (unpaired) electrons. The first-order valence-electron chi connectivity index (χ1n) is 12.8. The molecule has 1 aromatic heterocycles. The smallest absolute Gasteiger partial charge is 0.221 e. The maximum atomic E-state index is 12.2. The number of H-pyrrole nitrogens is 1. The fourth-order valence-electron chi connectivity index (χ4n) is 4.63. The molecule has 0 unspecified atom stereocenters. The first-order valence-corrected chi connectivity index (χ1v) is 12.8. The van der Waals surface area contributed by atoms with E-state index in [9.17, 15) is 9.59 Å². The van der Waals surface area contributed by atoms with Gasteiger partial charge in [-0.3, -0.25) is 9.59 Å². The molecule has 0 aliphatic rings. The fourth-order valence-corrected chi connectivity index (χ4v) is 4.63. The molecule has 0 spiro atoms. The second-order valence-corrected chi connectivity index (χ2v) is 10.2. The Balaban J connectivity index is 1.93. The van der Waals surface area contributed by atoms with Crippen LogP contribution in [0.2, 0.25) is 0 Å². The molecule has 0 aliphatic carbocycles. The van der Waals surface area contributed by atoms with Gasteiger partial charge in [-0.1, -0.05) is 12.1 Å². The van der Waals surface area contributed by atoms with Crippen LogP contribution in [0.5, 0.6) is 0 Å². The van der Waals surface area contributed by atoms with Crippen molar-refractivity contribution in [1.82, 2.24) is 9.97 Å². The van der Waals surface area contributed by atoms with Crippen LogP contribution in [-0.4, -0.2) is 50.0 Å². The highest BCUT2D eigenvalue weighted by atomic mass is 16.2. The van der Waals surface area contributed by atoms with Crippen LogP contribution in [0.3, 0.4) is 0 Å². The van der Waals surface area contributed by atoms with Gasteiger partial charge in [0.25, 0.3) is 0 Å². The average molecular weight is 525 g/mol. The summed E-state index contributed by atoms with van der Waals surface area (Å²) in [6.07, 6.45) is 0. The molecule has 4 rings (SSSR count). The summed E-state index contributed by atoms with van der Waals surface area (Å²) < 4.78 is 0. The van der Waals surface area contributed by atoms with Crippen molar-refractivity contribution in [2.75, 3.05) is 48.6 Å². The summed E-state index contributed by atoms with van der Waals surface area (Å²) in [5.74, 6) is 0.440. The van der Waals surface area contributed by atoms with Gasteiger partial charge in [0, 0.05) is 75.8 Å². The summed E-state index contributed by atoms with van der Waals surface area (Å²) in [7, 11) is 7.95. The number of aryl methyl sites for hydroxylation is 2. The second kappa shape index (κ2) is 11.0. The van der Waals surface area contributed by atoms with Crippen LogP contribution in [0.1, 0.15) is 25.0 Å². The monoisotopic (exact) mass is 524 g/mol. The van der Waals surface area contributed by atoms with Crippen LogP contribution in [0, 0.1) is 13.8 Å². The number of nitrogens with one attached hydrogen (secondary N) is 3. The molecule has 8 nitrogen and oxygen atoms in total. The third-order valence-corrected chi connectivity index (χ3v) is 6.57. The molecule has 1 heterocycles. The van der Waals surface area contributed by atoms with Gasteiger partial charge in [0.15, 0.2) is 0 Å². The summed E-state index contributed by atoms with van der Waals surface area (Å²) in [5.41, 5.74) is 9.74. The first-order chi connectivity index (χ1) is 18.4. The Morgan fingerprint density at radius 2 is 1.31 bits per heavy atom. The van der Waals surface area contributed by atoms with E-state index in [4.69, 9.17) is 4.98 Å². The van der Waals surface area contributed by atoms with Gasteiger partial charge >= 0.3 is 0 Å². The molecule has 2 amide bonds. The normalized spacial score (nSPS) is 10.8. The van der Waals surface area contributed by atoms with Crippen LogP contribution >= 0.6 is 0 Å². The number of rotatable bonds is 7. The summed E-state index contributed by atoms with van der Waals surface area (Å²) in [5, 5.41) is 5.93. The van der Waals surface area contributed by atoms with Gasteiger partial charge in [-0.05, 0) is 67.4 Å². The minimum atomic E-state index is -0.149. The topological polar surface area (TPSA) is 93.4 Å². The third-order valence-electron chi connectivity index (χ3n) is 6.57. The maximum Gasteiger partial charge on any atom is 0.221 e. The molecule has 0 atom stereocenters. The quantitative estimate of drug-likeness (QED) is 0.273. The average Bonchev–Trinajstić information content (AvgIpc) is 3.31. The highest BCUT2D eigenvalue weighted by Crippen LogP contribution is 2.39. The van der Waals surface area contributed by atoms with Crippen molar-refractivity contribution < 1.29 is 9.59 Å². The summed E-state index contributed by atoms with van der Waals surface area (Å²) in [6, 6.07) is 18.3. The van der Waals surface area contributed by atoms with Crippen molar-refractivity contribution in [2.24, 2.45) is 0 Å². The molecule has 0 bridgehead atoms. The molecule has 8 heteroatoms. The molecule has 0 saturated carbocycles. The van der Waals surface area contributed by atoms with Gasteiger partial charge in [-0.2, -0.15) is 0 Å². The lowest BCUT2D eigenvalue weighted by atomic mass is 10.0. The predicted molar refractivity (Wildman–Crippen MR) is 162 cm³/mol. The molecule has 3 N–H and O–H groups in total. The van der Waals surface area contributed by atoms with E-state index in [1.165, 1.54) is 13.8 Å². The standard InChI is InChI=1S/C31H36N6O2/c1-18-15-23(16-19(2)28(18)33-21(4)39)31-34-29(22-9-11-24(12-10-22)36(5)6)30(35-31)26-14-13-25(37(7)8)17-27(26)32-20(3)38/h9-17H,1-8H3,(H,32,38)(H,33,39)(H,34,35). The summed E-state index contributed by atoms with van der Waals surface area (Å²) >= 11 is 0. The molecule has 0 aliphatic heterocycles. The molecule has 39 heavy (non-hydrogen) atoms. The zero-order chi connectivity index (χ0) is 28.4. The Morgan fingerprint density at radius 3 is 1.85 bits per heavy atom. The van der Waals surface area contributed by atoms with Gasteiger partial charge in [0.1, 0.15) is 5.82 Å². The first kappa shape index (κ1) is 27.4. The van der Waals surface area contributed by atoms with Crippen molar-refractivity contribution >= 4 is 34.6 Å². The maximum absolute atomic E-state index is 12.2. The number of benzene rings is 3. The van der Waals surface area contributed by atoms with E-state index in [0.717, 1.165) is 56.3 Å². The van der Waals surface area contributed by atoms with Crippen molar-refractivity contribution in [3.8, 4) is 33.9 Å². The van der Waals surface area contributed by atoms with Crippen LogP contribution in [-0.2, 0) is 9.59 Å². The van der Waals surface area contributed by atoms with E-state index >= 15 is 0 Å². The number of imidazole rings is 1. The van der Waals surface area contributed by atoms with E-state index in [0.29, 0.717) is 11.5 Å². The Hall–Kier alpha value is -4.59.